The fourth-order valence-electron chi connectivity index (χ4n) is 3.42. The standard InChI is InChI=1S/C22H22N2OS/c1-14-7-6-10-18(15(14)2)23-21(25)17-11-12-19-20(13-17)26-22(24-19)16-8-4-3-5-9-16/h3-10,17H,11-13H2,1-2H3,(H,23,25). The maximum atomic E-state index is 12.8. The van der Waals surface area contributed by atoms with Crippen LogP contribution >= 0.6 is 11.3 Å². The highest BCUT2D eigenvalue weighted by atomic mass is 32.1. The number of hydrogen-bond acceptors (Lipinski definition) is 3. The Morgan fingerprint density at radius 3 is 2.73 bits per heavy atom. The van der Waals surface area contributed by atoms with E-state index in [1.807, 2.05) is 30.3 Å². The van der Waals surface area contributed by atoms with E-state index >= 15 is 0 Å². The topological polar surface area (TPSA) is 42.0 Å². The summed E-state index contributed by atoms with van der Waals surface area (Å²) < 4.78 is 0. The number of nitrogens with one attached hydrogen (secondary N) is 1. The molecular weight excluding hydrogens is 340 g/mol. The van der Waals surface area contributed by atoms with Gasteiger partial charge in [-0.1, -0.05) is 42.5 Å². The lowest BCUT2D eigenvalue weighted by Gasteiger charge is -2.21. The minimum atomic E-state index is 0.0199. The Labute approximate surface area is 158 Å². The number of benzene rings is 2. The van der Waals surface area contributed by atoms with Crippen molar-refractivity contribution in [2.75, 3.05) is 5.32 Å². The largest absolute Gasteiger partial charge is 0.326 e. The van der Waals surface area contributed by atoms with Crippen molar-refractivity contribution in [3.63, 3.8) is 0 Å². The number of anilines is 1. The maximum Gasteiger partial charge on any atom is 0.227 e. The number of nitrogens with zero attached hydrogens (tertiary/aromatic N) is 1. The lowest BCUT2D eigenvalue weighted by atomic mass is 9.90. The van der Waals surface area contributed by atoms with Gasteiger partial charge in [0.05, 0.1) is 5.69 Å². The molecule has 1 aliphatic rings. The van der Waals surface area contributed by atoms with Gasteiger partial charge in [0.2, 0.25) is 5.91 Å². The summed E-state index contributed by atoms with van der Waals surface area (Å²) >= 11 is 1.73. The van der Waals surface area contributed by atoms with E-state index in [4.69, 9.17) is 4.98 Å². The van der Waals surface area contributed by atoms with Crippen molar-refractivity contribution in [3.05, 3.63) is 70.2 Å². The maximum absolute atomic E-state index is 12.8. The predicted octanol–water partition coefficient (Wildman–Crippen LogP) is 5.17. The molecule has 26 heavy (non-hydrogen) atoms. The fraction of sp³-hybridized carbons (Fsp3) is 0.273. The minimum absolute atomic E-state index is 0.0199. The number of fused-ring (bicyclic) bond motifs is 1. The van der Waals surface area contributed by atoms with Crippen LogP contribution in [0.2, 0.25) is 0 Å². The SMILES string of the molecule is Cc1cccc(NC(=O)C2CCc3nc(-c4ccccc4)sc3C2)c1C. The molecule has 0 saturated carbocycles. The van der Waals surface area contributed by atoms with E-state index in [-0.39, 0.29) is 11.8 Å². The van der Waals surface area contributed by atoms with Crippen LogP contribution in [0, 0.1) is 19.8 Å². The molecule has 4 heteroatoms. The highest BCUT2D eigenvalue weighted by Gasteiger charge is 2.28. The third kappa shape index (κ3) is 3.29. The Morgan fingerprint density at radius 1 is 1.12 bits per heavy atom. The lowest BCUT2D eigenvalue weighted by Crippen LogP contribution is -2.28. The zero-order valence-electron chi connectivity index (χ0n) is 15.1. The van der Waals surface area contributed by atoms with Crippen LogP contribution in [-0.4, -0.2) is 10.9 Å². The lowest BCUT2D eigenvalue weighted by molar-refractivity contribution is -0.120. The first-order valence-electron chi connectivity index (χ1n) is 9.03. The molecule has 0 radical (unpaired) electrons. The van der Waals surface area contributed by atoms with Gasteiger partial charge in [0.15, 0.2) is 0 Å². The summed E-state index contributed by atoms with van der Waals surface area (Å²) in [7, 11) is 0. The van der Waals surface area contributed by atoms with E-state index in [2.05, 4.69) is 37.4 Å². The number of carbonyl (C=O) groups excluding carboxylic acids is 1. The van der Waals surface area contributed by atoms with Crippen LogP contribution < -0.4 is 5.32 Å². The van der Waals surface area contributed by atoms with Gasteiger partial charge in [-0.15, -0.1) is 11.3 Å². The zero-order chi connectivity index (χ0) is 18.1. The third-order valence-electron chi connectivity index (χ3n) is 5.19. The van der Waals surface area contributed by atoms with E-state index in [0.717, 1.165) is 41.1 Å². The Balaban J connectivity index is 1.50. The monoisotopic (exact) mass is 362 g/mol. The van der Waals surface area contributed by atoms with Crippen LogP contribution in [0.1, 0.15) is 28.1 Å². The Bertz CT molecular complexity index is 946. The van der Waals surface area contributed by atoms with Crippen molar-refractivity contribution in [3.8, 4) is 10.6 Å². The van der Waals surface area contributed by atoms with Crippen molar-refractivity contribution in [1.29, 1.82) is 0 Å². The molecule has 0 fully saturated rings. The first-order valence-corrected chi connectivity index (χ1v) is 9.84. The van der Waals surface area contributed by atoms with Gasteiger partial charge in [-0.3, -0.25) is 4.79 Å². The van der Waals surface area contributed by atoms with Crippen LogP contribution in [0.25, 0.3) is 10.6 Å². The van der Waals surface area contributed by atoms with E-state index in [0.29, 0.717) is 0 Å². The first-order chi connectivity index (χ1) is 12.6. The number of amides is 1. The smallest absolute Gasteiger partial charge is 0.227 e. The molecule has 1 unspecified atom stereocenters. The molecule has 2 aromatic carbocycles. The second-order valence-corrected chi connectivity index (χ2v) is 8.01. The van der Waals surface area contributed by atoms with Crippen molar-refractivity contribution in [1.82, 2.24) is 4.98 Å². The molecular formula is C22H22N2OS. The molecule has 132 valence electrons. The van der Waals surface area contributed by atoms with Gasteiger partial charge in [-0.2, -0.15) is 0 Å². The highest BCUT2D eigenvalue weighted by Crippen LogP contribution is 2.35. The van der Waals surface area contributed by atoms with Crippen LogP contribution in [0.15, 0.2) is 48.5 Å². The molecule has 0 bridgehead atoms. The van der Waals surface area contributed by atoms with E-state index < -0.39 is 0 Å². The summed E-state index contributed by atoms with van der Waals surface area (Å²) in [4.78, 5) is 18.9. The first kappa shape index (κ1) is 17.0. The molecule has 1 aliphatic carbocycles. The summed E-state index contributed by atoms with van der Waals surface area (Å²) in [6.07, 6.45) is 2.53. The van der Waals surface area contributed by atoms with Gasteiger partial charge in [0.25, 0.3) is 0 Å². The Hall–Kier alpha value is -2.46. The van der Waals surface area contributed by atoms with Gasteiger partial charge >= 0.3 is 0 Å². The van der Waals surface area contributed by atoms with Gasteiger partial charge in [-0.05, 0) is 50.3 Å². The second-order valence-electron chi connectivity index (χ2n) is 6.93. The number of carbonyl (C=O) groups is 1. The van der Waals surface area contributed by atoms with E-state index in [1.54, 1.807) is 11.3 Å². The van der Waals surface area contributed by atoms with Crippen LogP contribution in [0.4, 0.5) is 5.69 Å². The number of thiazole rings is 1. The van der Waals surface area contributed by atoms with Crippen molar-refractivity contribution in [2.24, 2.45) is 5.92 Å². The molecule has 3 nitrogen and oxygen atoms in total. The van der Waals surface area contributed by atoms with Crippen LogP contribution in [0.5, 0.6) is 0 Å². The molecule has 3 aromatic rings. The zero-order valence-corrected chi connectivity index (χ0v) is 15.9. The third-order valence-corrected chi connectivity index (χ3v) is 6.36. The summed E-state index contributed by atoms with van der Waals surface area (Å²) in [6, 6.07) is 16.3. The fourth-order valence-corrected chi connectivity index (χ4v) is 4.62. The molecule has 1 N–H and O–H groups in total. The molecule has 0 saturated heterocycles. The Kier molecular flexibility index (Phi) is 4.60. The number of aromatic nitrogens is 1. The van der Waals surface area contributed by atoms with Crippen LogP contribution in [0.3, 0.4) is 0 Å². The summed E-state index contributed by atoms with van der Waals surface area (Å²) in [5, 5.41) is 4.20. The molecule has 1 heterocycles. The number of hydrogen-bond donors (Lipinski definition) is 1. The molecule has 1 atom stereocenters. The summed E-state index contributed by atoms with van der Waals surface area (Å²) in [6.45, 7) is 4.12. The van der Waals surface area contributed by atoms with Crippen LogP contribution in [-0.2, 0) is 17.6 Å². The average Bonchev–Trinajstić information content (AvgIpc) is 3.09. The van der Waals surface area contributed by atoms with Crippen molar-refractivity contribution < 1.29 is 4.79 Å². The molecule has 1 aromatic heterocycles. The second kappa shape index (κ2) is 7.04. The molecule has 0 spiro atoms. The molecule has 1 amide bonds. The van der Waals surface area contributed by atoms with Gasteiger partial charge < -0.3 is 5.32 Å². The highest BCUT2D eigenvalue weighted by molar-refractivity contribution is 7.15. The van der Waals surface area contributed by atoms with E-state index in [9.17, 15) is 4.79 Å². The molecule has 0 aliphatic heterocycles. The van der Waals surface area contributed by atoms with Crippen molar-refractivity contribution in [2.45, 2.75) is 33.1 Å². The van der Waals surface area contributed by atoms with Gasteiger partial charge in [0, 0.05) is 22.0 Å². The van der Waals surface area contributed by atoms with Gasteiger partial charge in [0.1, 0.15) is 5.01 Å². The average molecular weight is 362 g/mol. The number of rotatable bonds is 3. The normalized spacial score (nSPS) is 16.2. The minimum Gasteiger partial charge on any atom is -0.326 e. The molecule has 4 rings (SSSR count). The number of aryl methyl sites for hydroxylation is 2. The Morgan fingerprint density at radius 2 is 1.92 bits per heavy atom. The quantitative estimate of drug-likeness (QED) is 0.698. The summed E-state index contributed by atoms with van der Waals surface area (Å²) in [5.41, 5.74) is 5.59. The predicted molar refractivity (Wildman–Crippen MR) is 108 cm³/mol. The van der Waals surface area contributed by atoms with E-state index in [1.165, 1.54) is 16.1 Å². The van der Waals surface area contributed by atoms with Crippen molar-refractivity contribution >= 4 is 22.9 Å². The van der Waals surface area contributed by atoms with Gasteiger partial charge in [-0.25, -0.2) is 4.98 Å². The summed E-state index contributed by atoms with van der Waals surface area (Å²) in [5.74, 6) is 0.144.